The third kappa shape index (κ3) is 8.97. The molecule has 4 N–H and O–H groups in total. The predicted molar refractivity (Wildman–Crippen MR) is 190 cm³/mol. The topological polar surface area (TPSA) is 104 Å². The van der Waals surface area contributed by atoms with Crippen molar-refractivity contribution in [1.29, 1.82) is 0 Å². The third-order valence-corrected chi connectivity index (χ3v) is 12.2. The molecule has 14 heteroatoms. The summed E-state index contributed by atoms with van der Waals surface area (Å²) in [6.45, 7) is 9.98. The molecule has 1 radical (unpaired) electrons. The van der Waals surface area contributed by atoms with Crippen molar-refractivity contribution in [2.75, 3.05) is 49.6 Å². The highest BCUT2D eigenvalue weighted by molar-refractivity contribution is 6.58. The van der Waals surface area contributed by atoms with Crippen LogP contribution in [0.3, 0.4) is 0 Å². The maximum atomic E-state index is 15.2. The lowest BCUT2D eigenvalue weighted by molar-refractivity contribution is -0.138. The van der Waals surface area contributed by atoms with E-state index in [1.54, 1.807) is 12.3 Å². The summed E-state index contributed by atoms with van der Waals surface area (Å²) in [7, 11) is 2.11. The Morgan fingerprint density at radius 3 is 2.27 bits per heavy atom. The van der Waals surface area contributed by atoms with Crippen molar-refractivity contribution >= 4 is 42.9 Å². The number of nitrogens with zero attached hydrogens (tertiary/aromatic N) is 5. The number of piperazine rings is 1. The van der Waals surface area contributed by atoms with Gasteiger partial charge in [0.05, 0.1) is 28.2 Å². The first-order chi connectivity index (χ1) is 23.4. The SMILES string of the molecule is CC[Si](CC)CC.CN1CCN(Cc2ccc(NC(=O)Nc3ccc(-c4nn(C5CC5)c5ccnc(N)c45)cc3F)cc2C(F)(F)F)CC1. The van der Waals surface area contributed by atoms with Crippen molar-refractivity contribution in [3.63, 3.8) is 0 Å². The van der Waals surface area contributed by atoms with Crippen LogP contribution >= 0.6 is 0 Å². The molecule has 2 aliphatic rings. The Balaban J connectivity index is 0.000000606. The van der Waals surface area contributed by atoms with Gasteiger partial charge < -0.3 is 21.3 Å². The lowest BCUT2D eigenvalue weighted by Gasteiger charge is -2.33. The number of fused-ring (bicyclic) bond motifs is 1. The minimum atomic E-state index is -4.60. The van der Waals surface area contributed by atoms with Gasteiger partial charge in [0.25, 0.3) is 0 Å². The van der Waals surface area contributed by atoms with Crippen molar-refractivity contribution in [1.82, 2.24) is 24.6 Å². The van der Waals surface area contributed by atoms with Crippen molar-refractivity contribution in [3.05, 3.63) is 65.6 Å². The van der Waals surface area contributed by atoms with Gasteiger partial charge in [-0.1, -0.05) is 51.0 Å². The van der Waals surface area contributed by atoms with Crippen LogP contribution in [0.1, 0.15) is 50.8 Å². The molecule has 2 aromatic heterocycles. The Labute approximate surface area is 286 Å². The number of benzene rings is 2. The number of nitrogens with two attached hydrogens (primary N) is 1. The molecular weight excluding hydrogens is 653 g/mol. The molecule has 2 amide bonds. The summed E-state index contributed by atoms with van der Waals surface area (Å²) >= 11 is 0. The average Bonchev–Trinajstić information content (AvgIpc) is 3.84. The van der Waals surface area contributed by atoms with Gasteiger partial charge in [0.1, 0.15) is 17.3 Å². The van der Waals surface area contributed by atoms with Crippen LogP contribution in [0.25, 0.3) is 22.2 Å². The Morgan fingerprint density at radius 2 is 1.67 bits per heavy atom. The van der Waals surface area contributed by atoms with Gasteiger partial charge in [0.2, 0.25) is 0 Å². The van der Waals surface area contributed by atoms with Gasteiger partial charge in [-0.15, -0.1) is 0 Å². The molecule has 263 valence electrons. The Morgan fingerprint density at radius 1 is 0.980 bits per heavy atom. The summed E-state index contributed by atoms with van der Waals surface area (Å²) in [6.07, 6.45) is -1.01. The lowest BCUT2D eigenvalue weighted by atomic mass is 10.0. The zero-order valence-electron chi connectivity index (χ0n) is 28.5. The van der Waals surface area contributed by atoms with E-state index < -0.39 is 23.6 Å². The van der Waals surface area contributed by atoms with Gasteiger partial charge in [-0.25, -0.2) is 14.2 Å². The van der Waals surface area contributed by atoms with Crippen LogP contribution in [0, 0.1) is 5.82 Å². The second kappa shape index (κ2) is 15.7. The molecule has 0 spiro atoms. The fourth-order valence-electron chi connectivity index (χ4n) is 6.01. The number of carbonyl (C=O) groups is 1. The van der Waals surface area contributed by atoms with Crippen LogP contribution in [0.2, 0.25) is 18.1 Å². The number of rotatable bonds is 9. The number of amides is 2. The second-order valence-corrected chi connectivity index (χ2v) is 16.3. The van der Waals surface area contributed by atoms with E-state index in [0.717, 1.165) is 37.5 Å². The minimum absolute atomic E-state index is 0.0564. The first-order valence-electron chi connectivity index (χ1n) is 16.9. The summed E-state index contributed by atoms with van der Waals surface area (Å²) in [4.78, 5) is 20.9. The first-order valence-corrected chi connectivity index (χ1v) is 19.0. The second-order valence-electron chi connectivity index (χ2n) is 12.6. The molecular formula is C35H45F4N8OSi. The van der Waals surface area contributed by atoms with Crippen LogP contribution in [0.4, 0.5) is 39.5 Å². The molecule has 1 saturated heterocycles. The quantitative estimate of drug-likeness (QED) is 0.121. The van der Waals surface area contributed by atoms with Gasteiger partial charge in [-0.2, -0.15) is 18.3 Å². The number of halogens is 4. The zero-order chi connectivity index (χ0) is 35.3. The number of hydrogen-bond donors (Lipinski definition) is 3. The van der Waals surface area contributed by atoms with Crippen LogP contribution in [-0.4, -0.2) is 72.6 Å². The summed E-state index contributed by atoms with van der Waals surface area (Å²) in [6, 6.07) is 13.5. The molecule has 1 saturated carbocycles. The predicted octanol–water partition coefficient (Wildman–Crippen LogP) is 8.11. The van der Waals surface area contributed by atoms with E-state index >= 15 is 4.39 Å². The van der Waals surface area contributed by atoms with Gasteiger partial charge in [0, 0.05) is 59.0 Å². The molecule has 0 unspecified atom stereocenters. The van der Waals surface area contributed by atoms with E-state index in [0.29, 0.717) is 29.7 Å². The summed E-state index contributed by atoms with van der Waals surface area (Å²) in [5.74, 6) is -0.457. The Hall–Kier alpha value is -4.01. The Kier molecular flexibility index (Phi) is 11.6. The molecule has 6 rings (SSSR count). The largest absolute Gasteiger partial charge is 0.416 e. The molecule has 1 aliphatic heterocycles. The van der Waals surface area contributed by atoms with Crippen LogP contribution in [0.5, 0.6) is 0 Å². The van der Waals surface area contributed by atoms with Gasteiger partial charge >= 0.3 is 12.2 Å². The van der Waals surface area contributed by atoms with E-state index in [2.05, 4.69) is 46.4 Å². The van der Waals surface area contributed by atoms with Gasteiger partial charge in [0.15, 0.2) is 0 Å². The van der Waals surface area contributed by atoms with E-state index in [-0.39, 0.29) is 44.1 Å². The van der Waals surface area contributed by atoms with Crippen molar-refractivity contribution in [2.45, 2.75) is 70.5 Å². The molecule has 4 aromatic rings. The average molecular weight is 698 g/mol. The van der Waals surface area contributed by atoms with Crippen molar-refractivity contribution in [2.24, 2.45) is 0 Å². The maximum absolute atomic E-state index is 15.2. The number of hydrogen-bond acceptors (Lipinski definition) is 6. The number of nitrogens with one attached hydrogen (secondary N) is 2. The van der Waals surface area contributed by atoms with Crippen LogP contribution in [-0.2, 0) is 12.7 Å². The number of alkyl halides is 3. The van der Waals surface area contributed by atoms with E-state index in [9.17, 15) is 18.0 Å². The molecule has 2 fully saturated rings. The minimum Gasteiger partial charge on any atom is -0.383 e. The molecule has 49 heavy (non-hydrogen) atoms. The number of aromatic nitrogens is 3. The summed E-state index contributed by atoms with van der Waals surface area (Å²) in [5.41, 5.74) is 7.00. The molecule has 0 atom stereocenters. The first kappa shape index (κ1) is 36.3. The third-order valence-electron chi connectivity index (χ3n) is 9.20. The van der Waals surface area contributed by atoms with Crippen molar-refractivity contribution < 1.29 is 22.4 Å². The molecule has 2 aromatic carbocycles. The molecule has 1 aliphatic carbocycles. The smallest absolute Gasteiger partial charge is 0.383 e. The summed E-state index contributed by atoms with van der Waals surface area (Å²) in [5, 5.41) is 10.1. The normalized spacial score (nSPS) is 15.7. The van der Waals surface area contributed by atoms with E-state index in [1.807, 2.05) is 22.7 Å². The fourth-order valence-corrected chi connectivity index (χ4v) is 7.51. The zero-order valence-corrected chi connectivity index (χ0v) is 29.5. The molecule has 3 heterocycles. The number of carbonyl (C=O) groups excluding carboxylic acids is 1. The van der Waals surface area contributed by atoms with E-state index in [1.165, 1.54) is 42.4 Å². The standard InChI is InChI=1S/C29H30F4N8O.C6H15Si/c1-39-10-12-40(13-11-39)16-18-2-4-19(15-21(18)29(31,32)33)36-28(42)37-23-7-3-17(14-22(23)30)26-25-24(8-9-35-27(25)34)41(38-26)20-5-6-20;1-4-7(5-2)6-3/h2-4,7-9,14-15,20H,5-6,10-13,16H2,1H3,(H2,34,35)(H2,36,37,42);4-6H2,1-3H3. The highest BCUT2D eigenvalue weighted by Gasteiger charge is 2.34. The number of nitrogen functional groups attached to an aromatic ring is 1. The summed E-state index contributed by atoms with van der Waals surface area (Å²) < 4.78 is 58.8. The monoisotopic (exact) mass is 697 g/mol. The molecule has 9 nitrogen and oxygen atoms in total. The highest BCUT2D eigenvalue weighted by Crippen LogP contribution is 2.41. The van der Waals surface area contributed by atoms with Crippen LogP contribution in [0.15, 0.2) is 48.7 Å². The number of pyridine rings is 1. The van der Waals surface area contributed by atoms with Gasteiger partial charge in [-0.3, -0.25) is 9.58 Å². The van der Waals surface area contributed by atoms with Crippen molar-refractivity contribution in [3.8, 4) is 11.3 Å². The highest BCUT2D eigenvalue weighted by atomic mass is 28.3. The maximum Gasteiger partial charge on any atom is 0.416 e. The van der Waals surface area contributed by atoms with Crippen LogP contribution < -0.4 is 16.4 Å². The Bertz CT molecular complexity index is 1740. The number of anilines is 3. The molecule has 0 bridgehead atoms. The number of urea groups is 1. The fraction of sp³-hybridized carbons (Fsp3) is 0.457. The van der Waals surface area contributed by atoms with E-state index in [4.69, 9.17) is 5.73 Å². The number of likely N-dealkylation sites (N-methyl/N-ethyl adjacent to an activating group) is 1. The van der Waals surface area contributed by atoms with Gasteiger partial charge in [-0.05, 0) is 55.8 Å². The lowest BCUT2D eigenvalue weighted by Crippen LogP contribution is -2.44.